The lowest BCUT2D eigenvalue weighted by molar-refractivity contribution is -0.138. The van der Waals surface area contributed by atoms with Crippen LogP contribution >= 0.6 is 23.2 Å². The van der Waals surface area contributed by atoms with Crippen molar-refractivity contribution < 1.29 is 13.9 Å². The van der Waals surface area contributed by atoms with E-state index in [-0.39, 0.29) is 17.2 Å². The third-order valence-electron chi connectivity index (χ3n) is 2.71. The quantitative estimate of drug-likeness (QED) is 0.591. The first-order chi connectivity index (χ1) is 10.1. The lowest BCUT2D eigenvalue weighted by Crippen LogP contribution is -2.01. The van der Waals surface area contributed by atoms with Gasteiger partial charge in [-0.2, -0.15) is 0 Å². The van der Waals surface area contributed by atoms with Gasteiger partial charge in [0.15, 0.2) is 0 Å². The molecule has 2 rings (SSSR count). The highest BCUT2D eigenvalue weighted by Gasteiger charge is 2.05. The molecule has 108 valence electrons. The Morgan fingerprint density at radius 1 is 1.10 bits per heavy atom. The van der Waals surface area contributed by atoms with Crippen molar-refractivity contribution in [3.63, 3.8) is 0 Å². The van der Waals surface area contributed by atoms with Crippen LogP contribution in [0.3, 0.4) is 0 Å². The smallest absolute Gasteiger partial charge is 0.331 e. The molecular formula is C16H11Cl2FO2. The maximum Gasteiger partial charge on any atom is 0.331 e. The zero-order chi connectivity index (χ0) is 15.2. The molecule has 0 aromatic heterocycles. The zero-order valence-corrected chi connectivity index (χ0v) is 12.4. The minimum Gasteiger partial charge on any atom is -0.458 e. The van der Waals surface area contributed by atoms with Gasteiger partial charge in [0.25, 0.3) is 0 Å². The first-order valence-electron chi connectivity index (χ1n) is 6.10. The number of benzene rings is 2. The number of carbonyl (C=O) groups excluding carboxylic acids is 1. The Morgan fingerprint density at radius 3 is 2.52 bits per heavy atom. The maximum atomic E-state index is 13.5. The molecule has 0 spiro atoms. The van der Waals surface area contributed by atoms with Gasteiger partial charge >= 0.3 is 5.97 Å². The first-order valence-corrected chi connectivity index (χ1v) is 6.86. The molecule has 2 aromatic rings. The van der Waals surface area contributed by atoms with Crippen LogP contribution < -0.4 is 0 Å². The molecule has 2 nitrogen and oxygen atoms in total. The summed E-state index contributed by atoms with van der Waals surface area (Å²) in [5.74, 6) is -1.10. The normalized spacial score (nSPS) is 10.8. The van der Waals surface area contributed by atoms with Crippen molar-refractivity contribution in [1.29, 1.82) is 0 Å². The Bertz CT molecular complexity index is 663. The molecule has 0 saturated heterocycles. The average molecular weight is 325 g/mol. The van der Waals surface area contributed by atoms with Crippen molar-refractivity contribution in [3.05, 3.63) is 75.5 Å². The van der Waals surface area contributed by atoms with Crippen LogP contribution in [0.4, 0.5) is 4.39 Å². The van der Waals surface area contributed by atoms with E-state index >= 15 is 0 Å². The van der Waals surface area contributed by atoms with Crippen molar-refractivity contribution in [1.82, 2.24) is 0 Å². The Labute approximate surface area is 131 Å². The van der Waals surface area contributed by atoms with Crippen LogP contribution in [0, 0.1) is 5.82 Å². The lowest BCUT2D eigenvalue weighted by Gasteiger charge is -2.04. The van der Waals surface area contributed by atoms with E-state index in [1.807, 2.05) is 0 Å². The molecule has 0 amide bonds. The largest absolute Gasteiger partial charge is 0.458 e. The van der Waals surface area contributed by atoms with Gasteiger partial charge in [-0.1, -0.05) is 47.5 Å². The van der Waals surface area contributed by atoms with Crippen molar-refractivity contribution >= 4 is 35.2 Å². The molecule has 21 heavy (non-hydrogen) atoms. The molecule has 0 aliphatic heterocycles. The summed E-state index contributed by atoms with van der Waals surface area (Å²) in [5, 5.41) is 0.747. The van der Waals surface area contributed by atoms with Gasteiger partial charge in [0, 0.05) is 22.2 Å². The van der Waals surface area contributed by atoms with Crippen LogP contribution in [0.15, 0.2) is 48.5 Å². The van der Waals surface area contributed by atoms with Crippen LogP contribution in [0.2, 0.25) is 10.0 Å². The zero-order valence-electron chi connectivity index (χ0n) is 10.9. The molecule has 0 fully saturated rings. The highest BCUT2D eigenvalue weighted by Crippen LogP contribution is 2.20. The van der Waals surface area contributed by atoms with Crippen LogP contribution in [-0.4, -0.2) is 5.97 Å². The highest BCUT2D eigenvalue weighted by molar-refractivity contribution is 6.32. The lowest BCUT2D eigenvalue weighted by atomic mass is 10.2. The maximum absolute atomic E-state index is 13.5. The van der Waals surface area contributed by atoms with Crippen molar-refractivity contribution in [2.75, 3.05) is 0 Å². The van der Waals surface area contributed by atoms with Crippen LogP contribution in [0.25, 0.3) is 6.08 Å². The second-order valence-corrected chi connectivity index (χ2v) is 4.98. The Morgan fingerprint density at radius 2 is 1.81 bits per heavy atom. The van der Waals surface area contributed by atoms with Crippen LogP contribution in [-0.2, 0) is 16.1 Å². The molecule has 0 aliphatic carbocycles. The fourth-order valence-corrected chi connectivity index (χ4v) is 2.05. The van der Waals surface area contributed by atoms with Gasteiger partial charge in [-0.25, -0.2) is 9.18 Å². The second kappa shape index (κ2) is 7.25. The highest BCUT2D eigenvalue weighted by atomic mass is 35.5. The Hall–Kier alpha value is -1.84. The third-order valence-corrected chi connectivity index (χ3v) is 3.41. The predicted octanol–water partition coefficient (Wildman–Crippen LogP) is 4.89. The first kappa shape index (κ1) is 15.5. The summed E-state index contributed by atoms with van der Waals surface area (Å²) in [4.78, 5) is 11.6. The fourth-order valence-electron chi connectivity index (χ4n) is 1.63. The SMILES string of the molecule is O=C(C=Cc1c(F)cccc1Cl)OCc1ccccc1Cl. The standard InChI is InChI=1S/C16H11Cl2FO2/c17-13-5-2-1-4-11(13)10-21-16(20)9-8-12-14(18)6-3-7-15(12)19/h1-9H,10H2. The predicted molar refractivity (Wildman–Crippen MR) is 81.7 cm³/mol. The van der Waals surface area contributed by atoms with E-state index in [0.29, 0.717) is 10.6 Å². The number of halogens is 3. The van der Waals surface area contributed by atoms with E-state index in [0.717, 1.165) is 6.08 Å². The molecule has 2 aromatic carbocycles. The van der Waals surface area contributed by atoms with Gasteiger partial charge in [-0.15, -0.1) is 0 Å². The van der Waals surface area contributed by atoms with Gasteiger partial charge in [-0.05, 0) is 24.3 Å². The molecule has 0 heterocycles. The Balaban J connectivity index is 1.99. The molecule has 0 saturated carbocycles. The molecule has 0 atom stereocenters. The molecule has 0 radical (unpaired) electrons. The summed E-state index contributed by atoms with van der Waals surface area (Å²) < 4.78 is 18.5. The van der Waals surface area contributed by atoms with Gasteiger partial charge < -0.3 is 4.74 Å². The van der Waals surface area contributed by atoms with E-state index in [2.05, 4.69) is 0 Å². The van der Waals surface area contributed by atoms with Crippen molar-refractivity contribution in [2.45, 2.75) is 6.61 Å². The molecule has 0 bridgehead atoms. The minimum absolute atomic E-state index is 0.0495. The summed E-state index contributed by atoms with van der Waals surface area (Å²) in [7, 11) is 0. The summed E-state index contributed by atoms with van der Waals surface area (Å²) in [6.07, 6.45) is 2.41. The molecule has 5 heteroatoms. The van der Waals surface area contributed by atoms with E-state index in [1.165, 1.54) is 18.2 Å². The van der Waals surface area contributed by atoms with E-state index in [9.17, 15) is 9.18 Å². The number of hydrogen-bond acceptors (Lipinski definition) is 2. The van der Waals surface area contributed by atoms with E-state index in [4.69, 9.17) is 27.9 Å². The Kier molecular flexibility index (Phi) is 5.37. The second-order valence-electron chi connectivity index (χ2n) is 4.17. The van der Waals surface area contributed by atoms with Crippen LogP contribution in [0.5, 0.6) is 0 Å². The molecule has 0 N–H and O–H groups in total. The van der Waals surface area contributed by atoms with E-state index < -0.39 is 11.8 Å². The minimum atomic E-state index is -0.603. The van der Waals surface area contributed by atoms with Gasteiger partial charge in [0.1, 0.15) is 12.4 Å². The number of ether oxygens (including phenoxy) is 1. The van der Waals surface area contributed by atoms with Crippen molar-refractivity contribution in [2.24, 2.45) is 0 Å². The number of hydrogen-bond donors (Lipinski definition) is 0. The third kappa shape index (κ3) is 4.31. The molecule has 0 unspecified atom stereocenters. The van der Waals surface area contributed by atoms with Gasteiger partial charge in [-0.3, -0.25) is 0 Å². The number of esters is 1. The summed E-state index contributed by atoms with van der Waals surface area (Å²) in [5.41, 5.74) is 0.846. The van der Waals surface area contributed by atoms with Gasteiger partial charge in [0.2, 0.25) is 0 Å². The molecule has 0 aliphatic rings. The fraction of sp³-hybridized carbons (Fsp3) is 0.0625. The topological polar surface area (TPSA) is 26.3 Å². The number of carbonyl (C=O) groups is 1. The average Bonchev–Trinajstić information content (AvgIpc) is 2.46. The summed E-state index contributed by atoms with van der Waals surface area (Å²) >= 11 is 11.8. The van der Waals surface area contributed by atoms with Crippen molar-refractivity contribution in [3.8, 4) is 0 Å². The number of rotatable bonds is 4. The summed E-state index contributed by atoms with van der Waals surface area (Å²) in [6, 6.07) is 11.3. The van der Waals surface area contributed by atoms with Gasteiger partial charge in [0.05, 0.1) is 5.02 Å². The molecular weight excluding hydrogens is 314 g/mol. The monoisotopic (exact) mass is 324 g/mol. The summed E-state index contributed by atoms with van der Waals surface area (Å²) in [6.45, 7) is 0.0495. The van der Waals surface area contributed by atoms with Crippen LogP contribution in [0.1, 0.15) is 11.1 Å². The van der Waals surface area contributed by atoms with E-state index in [1.54, 1.807) is 30.3 Å².